The highest BCUT2D eigenvalue weighted by Crippen LogP contribution is 2.52. The Labute approximate surface area is 200 Å². The predicted molar refractivity (Wildman–Crippen MR) is 122 cm³/mol. The van der Waals surface area contributed by atoms with E-state index in [-0.39, 0.29) is 18.5 Å². The van der Waals surface area contributed by atoms with Crippen molar-refractivity contribution in [1.29, 1.82) is 0 Å². The summed E-state index contributed by atoms with van der Waals surface area (Å²) in [5.41, 5.74) is 2.49. The lowest BCUT2D eigenvalue weighted by molar-refractivity contribution is -0.178. The normalized spacial score (nSPS) is 31.3. The van der Waals surface area contributed by atoms with Crippen molar-refractivity contribution in [3.05, 3.63) is 34.4 Å². The molecule has 0 N–H and O–H groups in total. The van der Waals surface area contributed by atoms with Crippen molar-refractivity contribution < 1.29 is 38.1 Å². The topological polar surface area (TPSA) is 105 Å². The largest absolute Gasteiger partial charge is 0.462 e. The molecule has 34 heavy (non-hydrogen) atoms. The van der Waals surface area contributed by atoms with E-state index in [2.05, 4.69) is 6.08 Å². The molecule has 0 saturated heterocycles. The second-order valence-electron chi connectivity index (χ2n) is 9.62. The van der Waals surface area contributed by atoms with Crippen LogP contribution < -0.4 is 0 Å². The third-order valence-electron chi connectivity index (χ3n) is 7.32. The molecule has 8 heteroatoms. The van der Waals surface area contributed by atoms with Crippen LogP contribution in [0.2, 0.25) is 0 Å². The van der Waals surface area contributed by atoms with Crippen molar-refractivity contribution in [3.63, 3.8) is 0 Å². The molecule has 0 unspecified atom stereocenters. The monoisotopic (exact) mass is 474 g/mol. The van der Waals surface area contributed by atoms with E-state index in [1.165, 1.54) is 20.8 Å². The summed E-state index contributed by atoms with van der Waals surface area (Å²) in [4.78, 5) is 48.1. The van der Waals surface area contributed by atoms with E-state index in [4.69, 9.17) is 18.9 Å². The SMILES string of the molecule is CC(=O)OCC1=C[C@@H]2OC(=O)C(C)=C2C[C@H]2C(C)=CC[C@H](OC(C)=O)[C@]2(C)[C@@H](OC(C)=O)CC1. The summed E-state index contributed by atoms with van der Waals surface area (Å²) in [5.74, 6) is -1.77. The molecule has 0 aromatic carbocycles. The van der Waals surface area contributed by atoms with Crippen LogP contribution in [0.1, 0.15) is 67.2 Å². The Bertz CT molecular complexity index is 971. The maximum atomic E-state index is 12.5. The molecule has 0 bridgehead atoms. The summed E-state index contributed by atoms with van der Waals surface area (Å²) in [6.07, 6.45) is 4.12. The van der Waals surface area contributed by atoms with E-state index in [1.807, 2.05) is 19.9 Å². The van der Waals surface area contributed by atoms with Gasteiger partial charge in [-0.2, -0.15) is 0 Å². The standard InChI is InChI=1S/C26H34O8/c1-14-7-9-23(32-17(4)28)26(6)21(14)12-20-15(2)25(30)34-22(20)11-19(13-31-16(3)27)8-10-24(26)33-18(5)29/h7,11,21-24H,8-10,12-13H2,1-6H3/t21-,22-,23-,24-,26+/m0/s1. The number of esters is 4. The van der Waals surface area contributed by atoms with E-state index in [0.717, 1.165) is 16.7 Å². The molecule has 0 amide bonds. The van der Waals surface area contributed by atoms with Crippen LogP contribution in [-0.2, 0) is 38.1 Å². The number of allylic oxidation sites excluding steroid dienone is 1. The third kappa shape index (κ3) is 5.26. The molecule has 186 valence electrons. The van der Waals surface area contributed by atoms with Crippen LogP contribution in [0.3, 0.4) is 0 Å². The van der Waals surface area contributed by atoms with Gasteiger partial charge in [-0.05, 0) is 56.3 Å². The predicted octanol–water partition coefficient (Wildman–Crippen LogP) is 3.74. The quantitative estimate of drug-likeness (QED) is 0.345. The molecule has 0 aromatic heterocycles. The number of hydrogen-bond donors (Lipinski definition) is 0. The molecule has 0 saturated carbocycles. The zero-order chi connectivity index (χ0) is 25.2. The second-order valence-corrected chi connectivity index (χ2v) is 9.62. The van der Waals surface area contributed by atoms with Crippen LogP contribution in [0.15, 0.2) is 34.4 Å². The second kappa shape index (κ2) is 10.2. The lowest BCUT2D eigenvalue weighted by atomic mass is 9.59. The highest BCUT2D eigenvalue weighted by molar-refractivity contribution is 5.92. The number of carbonyl (C=O) groups excluding carboxylic acids is 4. The molecule has 3 rings (SSSR count). The van der Waals surface area contributed by atoms with Gasteiger partial charge in [-0.3, -0.25) is 14.4 Å². The first-order valence-electron chi connectivity index (χ1n) is 11.7. The van der Waals surface area contributed by atoms with Gasteiger partial charge in [0.05, 0.1) is 0 Å². The van der Waals surface area contributed by atoms with Crippen LogP contribution in [0.5, 0.6) is 0 Å². The van der Waals surface area contributed by atoms with E-state index < -0.39 is 41.6 Å². The molecule has 1 heterocycles. The molecule has 0 spiro atoms. The minimum absolute atomic E-state index is 0.0505. The molecule has 8 nitrogen and oxygen atoms in total. The number of carbonyl (C=O) groups is 4. The highest BCUT2D eigenvalue weighted by Gasteiger charge is 2.54. The first-order chi connectivity index (χ1) is 15.9. The van der Waals surface area contributed by atoms with Gasteiger partial charge < -0.3 is 18.9 Å². The smallest absolute Gasteiger partial charge is 0.334 e. The van der Waals surface area contributed by atoms with E-state index in [1.54, 1.807) is 6.92 Å². The van der Waals surface area contributed by atoms with Gasteiger partial charge in [0.25, 0.3) is 0 Å². The van der Waals surface area contributed by atoms with Gasteiger partial charge in [-0.15, -0.1) is 0 Å². The van der Waals surface area contributed by atoms with E-state index in [0.29, 0.717) is 31.3 Å². The van der Waals surface area contributed by atoms with Crippen LogP contribution in [0, 0.1) is 11.3 Å². The average Bonchev–Trinajstić information content (AvgIpc) is 3.00. The summed E-state index contributed by atoms with van der Waals surface area (Å²) < 4.78 is 22.6. The van der Waals surface area contributed by atoms with Gasteiger partial charge in [0.15, 0.2) is 0 Å². The van der Waals surface area contributed by atoms with Crippen molar-refractivity contribution >= 4 is 23.9 Å². The zero-order valence-corrected chi connectivity index (χ0v) is 20.8. The molecule has 5 atom stereocenters. The number of fused-ring (bicyclic) bond motifs is 2. The minimum Gasteiger partial charge on any atom is -0.462 e. The van der Waals surface area contributed by atoms with E-state index in [9.17, 15) is 19.2 Å². The highest BCUT2D eigenvalue weighted by atomic mass is 16.6. The Morgan fingerprint density at radius 2 is 1.71 bits per heavy atom. The molecule has 3 aliphatic rings. The first kappa shape index (κ1) is 25.7. The van der Waals surface area contributed by atoms with Gasteiger partial charge in [0.2, 0.25) is 0 Å². The van der Waals surface area contributed by atoms with Crippen molar-refractivity contribution in [1.82, 2.24) is 0 Å². The Balaban J connectivity index is 2.15. The summed E-state index contributed by atoms with van der Waals surface area (Å²) in [6.45, 7) is 9.88. The first-order valence-corrected chi connectivity index (χ1v) is 11.7. The Hall–Kier alpha value is -2.90. The van der Waals surface area contributed by atoms with Gasteiger partial charge in [0, 0.05) is 38.2 Å². The van der Waals surface area contributed by atoms with Gasteiger partial charge in [0.1, 0.15) is 24.9 Å². The lowest BCUT2D eigenvalue weighted by Crippen LogP contribution is -2.54. The maximum Gasteiger partial charge on any atom is 0.334 e. The Morgan fingerprint density at radius 1 is 1.06 bits per heavy atom. The number of rotatable bonds is 4. The summed E-state index contributed by atoms with van der Waals surface area (Å²) >= 11 is 0. The van der Waals surface area contributed by atoms with Crippen LogP contribution in [0.25, 0.3) is 0 Å². The number of hydrogen-bond acceptors (Lipinski definition) is 8. The molecule has 2 aliphatic carbocycles. The van der Waals surface area contributed by atoms with Crippen molar-refractivity contribution in [3.8, 4) is 0 Å². The van der Waals surface area contributed by atoms with E-state index >= 15 is 0 Å². The average molecular weight is 475 g/mol. The fourth-order valence-electron chi connectivity index (χ4n) is 5.46. The molecular formula is C26H34O8. The van der Waals surface area contributed by atoms with Crippen LogP contribution in [-0.4, -0.2) is 48.8 Å². The van der Waals surface area contributed by atoms with Crippen molar-refractivity contribution in [2.45, 2.75) is 85.5 Å². The van der Waals surface area contributed by atoms with Crippen molar-refractivity contribution in [2.24, 2.45) is 11.3 Å². The summed E-state index contributed by atoms with van der Waals surface area (Å²) in [5, 5.41) is 0. The maximum absolute atomic E-state index is 12.5. The zero-order valence-electron chi connectivity index (χ0n) is 20.8. The van der Waals surface area contributed by atoms with Crippen molar-refractivity contribution in [2.75, 3.05) is 6.61 Å². The fourth-order valence-corrected chi connectivity index (χ4v) is 5.46. The third-order valence-corrected chi connectivity index (χ3v) is 7.32. The summed E-state index contributed by atoms with van der Waals surface area (Å²) in [6, 6.07) is 0. The molecular weight excluding hydrogens is 440 g/mol. The molecule has 0 radical (unpaired) electrons. The van der Waals surface area contributed by atoms with Gasteiger partial charge >= 0.3 is 23.9 Å². The molecule has 0 aromatic rings. The number of ether oxygens (including phenoxy) is 4. The lowest BCUT2D eigenvalue weighted by Gasteiger charge is -2.50. The van der Waals surface area contributed by atoms with Crippen LogP contribution >= 0.6 is 0 Å². The fraction of sp³-hybridized carbons (Fsp3) is 0.615. The molecule has 1 aliphatic heterocycles. The van der Waals surface area contributed by atoms with Gasteiger partial charge in [-0.25, -0.2) is 4.79 Å². The molecule has 0 fully saturated rings. The Kier molecular flexibility index (Phi) is 7.68. The van der Waals surface area contributed by atoms with Crippen LogP contribution in [0.4, 0.5) is 0 Å². The van der Waals surface area contributed by atoms with Gasteiger partial charge in [-0.1, -0.05) is 18.6 Å². The Morgan fingerprint density at radius 3 is 2.32 bits per heavy atom. The minimum atomic E-state index is -0.747. The summed E-state index contributed by atoms with van der Waals surface area (Å²) in [7, 11) is 0.